The first-order chi connectivity index (χ1) is 12.2. The quantitative estimate of drug-likeness (QED) is 0.822. The average molecular weight is 360 g/mol. The molecule has 6 heteroatoms. The molecule has 2 aromatic rings. The fraction of sp³-hybridized carbons (Fsp3) is 0.421. The molecule has 0 bridgehead atoms. The summed E-state index contributed by atoms with van der Waals surface area (Å²) in [5.41, 5.74) is 0.808. The molecule has 25 heavy (non-hydrogen) atoms. The predicted octanol–water partition coefficient (Wildman–Crippen LogP) is 3.09. The van der Waals surface area contributed by atoms with Gasteiger partial charge in [0.15, 0.2) is 0 Å². The number of carbonyl (C=O) groups is 1. The Balaban J connectivity index is 1.62. The molecule has 0 aliphatic carbocycles. The molecule has 1 atom stereocenters. The van der Waals surface area contributed by atoms with Crippen LogP contribution in [0.15, 0.2) is 41.8 Å². The van der Waals surface area contributed by atoms with Crippen molar-refractivity contribution in [1.29, 1.82) is 0 Å². The number of carboxylic acids is 1. The van der Waals surface area contributed by atoms with Crippen molar-refractivity contribution in [2.75, 3.05) is 32.8 Å². The van der Waals surface area contributed by atoms with E-state index < -0.39 is 12.0 Å². The zero-order valence-electron chi connectivity index (χ0n) is 14.4. The number of benzene rings is 1. The van der Waals surface area contributed by atoms with Gasteiger partial charge < -0.3 is 9.84 Å². The van der Waals surface area contributed by atoms with Gasteiger partial charge in [-0.25, -0.2) is 0 Å². The van der Waals surface area contributed by atoms with E-state index in [0.717, 1.165) is 44.0 Å². The minimum absolute atomic E-state index is 0.598. The van der Waals surface area contributed by atoms with E-state index in [1.165, 1.54) is 4.88 Å². The van der Waals surface area contributed by atoms with Crippen molar-refractivity contribution in [2.24, 2.45) is 0 Å². The molecule has 1 aromatic carbocycles. The number of thiophene rings is 1. The van der Waals surface area contributed by atoms with E-state index in [9.17, 15) is 9.90 Å². The number of nitrogens with zero attached hydrogens (tertiary/aromatic N) is 2. The Bertz CT molecular complexity index is 664. The van der Waals surface area contributed by atoms with Crippen molar-refractivity contribution in [3.05, 3.63) is 52.2 Å². The van der Waals surface area contributed by atoms with Crippen LogP contribution in [-0.4, -0.2) is 53.7 Å². The van der Waals surface area contributed by atoms with Crippen molar-refractivity contribution in [1.82, 2.24) is 9.80 Å². The molecule has 1 aromatic heterocycles. The highest BCUT2D eigenvalue weighted by Gasteiger charge is 2.30. The summed E-state index contributed by atoms with van der Waals surface area (Å²) in [6.45, 7) is 6.78. The van der Waals surface area contributed by atoms with Crippen LogP contribution in [0, 0.1) is 0 Å². The van der Waals surface area contributed by atoms with Gasteiger partial charge in [0.05, 0.1) is 6.61 Å². The van der Waals surface area contributed by atoms with Crippen molar-refractivity contribution in [3.8, 4) is 5.75 Å². The van der Waals surface area contributed by atoms with Crippen LogP contribution in [0.4, 0.5) is 0 Å². The molecule has 1 fully saturated rings. The lowest BCUT2D eigenvalue weighted by atomic mass is 10.0. The normalized spacial score (nSPS) is 17.3. The average Bonchev–Trinajstić information content (AvgIpc) is 3.11. The lowest BCUT2D eigenvalue weighted by Crippen LogP contribution is -2.48. The maximum atomic E-state index is 11.9. The summed E-state index contributed by atoms with van der Waals surface area (Å²) in [7, 11) is 0. The van der Waals surface area contributed by atoms with Gasteiger partial charge >= 0.3 is 5.97 Å². The molecule has 5 nitrogen and oxygen atoms in total. The number of carboxylic acid groups (broad SMARTS) is 1. The lowest BCUT2D eigenvalue weighted by Gasteiger charge is -2.37. The van der Waals surface area contributed by atoms with Crippen LogP contribution in [0.2, 0.25) is 0 Å². The Morgan fingerprint density at radius 1 is 1.20 bits per heavy atom. The van der Waals surface area contributed by atoms with Crippen LogP contribution in [0.3, 0.4) is 0 Å². The SMILES string of the molecule is CCOc1ccc(C(C(=O)O)N2CCN(Cc3cccs3)CC2)cc1. The Morgan fingerprint density at radius 2 is 1.92 bits per heavy atom. The molecule has 0 spiro atoms. The number of hydrogen-bond acceptors (Lipinski definition) is 5. The number of piperazine rings is 1. The summed E-state index contributed by atoms with van der Waals surface area (Å²) >= 11 is 1.77. The van der Waals surface area contributed by atoms with Crippen molar-refractivity contribution in [2.45, 2.75) is 19.5 Å². The fourth-order valence-electron chi connectivity index (χ4n) is 3.23. The van der Waals surface area contributed by atoms with E-state index in [2.05, 4.69) is 27.3 Å². The maximum absolute atomic E-state index is 11.9. The summed E-state index contributed by atoms with van der Waals surface area (Å²) in [6, 6.07) is 11.0. The van der Waals surface area contributed by atoms with Crippen LogP contribution >= 0.6 is 11.3 Å². The largest absolute Gasteiger partial charge is 0.494 e. The van der Waals surface area contributed by atoms with E-state index >= 15 is 0 Å². The van der Waals surface area contributed by atoms with Crippen LogP contribution in [0.25, 0.3) is 0 Å². The van der Waals surface area contributed by atoms with E-state index in [1.807, 2.05) is 31.2 Å². The van der Waals surface area contributed by atoms with Gasteiger partial charge in [-0.05, 0) is 36.1 Å². The second kappa shape index (κ2) is 8.47. The van der Waals surface area contributed by atoms with Gasteiger partial charge in [-0.15, -0.1) is 11.3 Å². The van der Waals surface area contributed by atoms with Crippen molar-refractivity contribution < 1.29 is 14.6 Å². The van der Waals surface area contributed by atoms with Gasteiger partial charge in [0, 0.05) is 37.6 Å². The molecule has 134 valence electrons. The lowest BCUT2D eigenvalue weighted by molar-refractivity contribution is -0.144. The number of ether oxygens (including phenoxy) is 1. The smallest absolute Gasteiger partial charge is 0.325 e. The third kappa shape index (κ3) is 4.60. The first-order valence-electron chi connectivity index (χ1n) is 8.61. The first-order valence-corrected chi connectivity index (χ1v) is 9.49. The molecule has 1 unspecified atom stereocenters. The molecule has 0 amide bonds. The van der Waals surface area contributed by atoms with Crippen LogP contribution < -0.4 is 4.74 Å². The molecule has 1 aliphatic heterocycles. The second-order valence-electron chi connectivity index (χ2n) is 6.13. The minimum Gasteiger partial charge on any atom is -0.494 e. The zero-order valence-corrected chi connectivity index (χ0v) is 15.2. The minimum atomic E-state index is -0.795. The Labute approximate surface area is 152 Å². The zero-order chi connectivity index (χ0) is 17.6. The fourth-order valence-corrected chi connectivity index (χ4v) is 3.97. The van der Waals surface area contributed by atoms with E-state index in [0.29, 0.717) is 6.61 Å². The number of rotatable bonds is 7. The molecule has 1 aliphatic rings. The second-order valence-corrected chi connectivity index (χ2v) is 7.17. The summed E-state index contributed by atoms with van der Waals surface area (Å²) in [6.07, 6.45) is 0. The van der Waals surface area contributed by atoms with Gasteiger partial charge in [-0.2, -0.15) is 0 Å². The van der Waals surface area contributed by atoms with Crippen LogP contribution in [0.1, 0.15) is 23.4 Å². The highest BCUT2D eigenvalue weighted by Crippen LogP contribution is 2.25. The Hall–Kier alpha value is -1.89. The monoisotopic (exact) mass is 360 g/mol. The standard InChI is InChI=1S/C19H24N2O3S/c1-2-24-16-7-5-15(6-8-16)18(19(22)23)21-11-9-20(10-12-21)14-17-4-3-13-25-17/h3-8,13,18H,2,9-12,14H2,1H3,(H,22,23). The highest BCUT2D eigenvalue weighted by atomic mass is 32.1. The summed E-state index contributed by atoms with van der Waals surface area (Å²) in [5, 5.41) is 11.8. The summed E-state index contributed by atoms with van der Waals surface area (Å²) in [5.74, 6) is -0.0213. The van der Waals surface area contributed by atoms with E-state index in [1.54, 1.807) is 11.3 Å². The van der Waals surface area contributed by atoms with Gasteiger partial charge in [-0.3, -0.25) is 14.6 Å². The van der Waals surface area contributed by atoms with Gasteiger partial charge in [-0.1, -0.05) is 18.2 Å². The summed E-state index contributed by atoms with van der Waals surface area (Å²) < 4.78 is 5.44. The molecule has 1 N–H and O–H groups in total. The Morgan fingerprint density at radius 3 is 2.48 bits per heavy atom. The van der Waals surface area contributed by atoms with E-state index in [-0.39, 0.29) is 0 Å². The van der Waals surface area contributed by atoms with Gasteiger partial charge in [0.2, 0.25) is 0 Å². The molecular formula is C19H24N2O3S. The molecule has 0 radical (unpaired) electrons. The van der Waals surface area contributed by atoms with Crippen molar-refractivity contribution >= 4 is 17.3 Å². The van der Waals surface area contributed by atoms with Crippen LogP contribution in [0.5, 0.6) is 5.75 Å². The third-order valence-electron chi connectivity index (χ3n) is 4.47. The molecular weight excluding hydrogens is 336 g/mol. The van der Waals surface area contributed by atoms with Crippen molar-refractivity contribution in [3.63, 3.8) is 0 Å². The van der Waals surface area contributed by atoms with Crippen LogP contribution in [-0.2, 0) is 11.3 Å². The summed E-state index contributed by atoms with van der Waals surface area (Å²) in [4.78, 5) is 17.7. The third-order valence-corrected chi connectivity index (χ3v) is 5.33. The van der Waals surface area contributed by atoms with Gasteiger partial charge in [0.1, 0.15) is 11.8 Å². The molecule has 0 saturated carbocycles. The number of aliphatic carboxylic acids is 1. The van der Waals surface area contributed by atoms with Gasteiger partial charge in [0.25, 0.3) is 0 Å². The Kier molecular flexibility index (Phi) is 6.07. The highest BCUT2D eigenvalue weighted by molar-refractivity contribution is 7.09. The topological polar surface area (TPSA) is 53.0 Å². The molecule has 1 saturated heterocycles. The number of hydrogen-bond donors (Lipinski definition) is 1. The molecule has 3 rings (SSSR count). The molecule has 2 heterocycles. The predicted molar refractivity (Wildman–Crippen MR) is 99.2 cm³/mol. The van der Waals surface area contributed by atoms with E-state index in [4.69, 9.17) is 4.74 Å². The first kappa shape index (κ1) is 17.9. The maximum Gasteiger partial charge on any atom is 0.325 e.